The minimum Gasteiger partial charge on any atom is -0.399 e. The molecule has 1 aromatic carbocycles. The van der Waals surface area contributed by atoms with E-state index in [4.69, 9.17) is 9.31 Å². The lowest BCUT2D eigenvalue weighted by Gasteiger charge is -2.32. The molecule has 0 saturated carbocycles. The number of rotatable bonds is 3. The van der Waals surface area contributed by atoms with E-state index in [2.05, 4.69) is 10.3 Å². The van der Waals surface area contributed by atoms with Gasteiger partial charge in [-0.05, 0) is 57.4 Å². The third-order valence-corrected chi connectivity index (χ3v) is 4.64. The zero-order valence-electron chi connectivity index (χ0n) is 14.4. The van der Waals surface area contributed by atoms with Gasteiger partial charge in [-0.1, -0.05) is 12.1 Å². The molecule has 0 atom stereocenters. The van der Waals surface area contributed by atoms with E-state index >= 15 is 0 Å². The highest BCUT2D eigenvalue weighted by molar-refractivity contribution is 6.62. The molecule has 5 nitrogen and oxygen atoms in total. The summed E-state index contributed by atoms with van der Waals surface area (Å²) in [6, 6.07) is 10.8. The zero-order chi connectivity index (χ0) is 17.4. The van der Waals surface area contributed by atoms with Crippen LogP contribution in [0.15, 0.2) is 48.8 Å². The van der Waals surface area contributed by atoms with Gasteiger partial charge >= 0.3 is 7.12 Å². The molecule has 24 heavy (non-hydrogen) atoms. The maximum Gasteiger partial charge on any atom is 0.494 e. The van der Waals surface area contributed by atoms with Crippen LogP contribution in [0, 0.1) is 0 Å². The maximum absolute atomic E-state index is 12.3. The Morgan fingerprint density at radius 2 is 1.50 bits per heavy atom. The Balaban J connectivity index is 1.71. The van der Waals surface area contributed by atoms with E-state index in [1.807, 2.05) is 39.8 Å². The standard InChI is InChI=1S/C18H21BN2O3/c1-17(2)18(3,4)24-19(23-17)14-7-5-13(6-8-14)16(22)21-15-9-11-20-12-10-15/h5-12H,1-4H3,(H,20,21,22). The molecule has 1 aromatic heterocycles. The Kier molecular flexibility index (Phi) is 4.19. The minimum absolute atomic E-state index is 0.165. The van der Waals surface area contributed by atoms with Crippen molar-refractivity contribution in [3.8, 4) is 0 Å². The van der Waals surface area contributed by atoms with Crippen molar-refractivity contribution in [2.75, 3.05) is 5.32 Å². The molecule has 0 unspecified atom stereocenters. The topological polar surface area (TPSA) is 60.5 Å². The molecule has 3 rings (SSSR count). The lowest BCUT2D eigenvalue weighted by molar-refractivity contribution is 0.00578. The Bertz CT molecular complexity index is 714. The summed E-state index contributed by atoms with van der Waals surface area (Å²) >= 11 is 0. The van der Waals surface area contributed by atoms with Crippen LogP contribution in [0.5, 0.6) is 0 Å². The first-order valence-corrected chi connectivity index (χ1v) is 7.95. The maximum atomic E-state index is 12.3. The van der Waals surface area contributed by atoms with Crippen LogP contribution in [0.25, 0.3) is 0 Å². The smallest absolute Gasteiger partial charge is 0.399 e. The largest absolute Gasteiger partial charge is 0.494 e. The molecule has 1 aliphatic heterocycles. The van der Waals surface area contributed by atoms with E-state index in [1.54, 1.807) is 36.7 Å². The van der Waals surface area contributed by atoms with Gasteiger partial charge < -0.3 is 14.6 Å². The molecule has 0 radical (unpaired) electrons. The first kappa shape index (κ1) is 16.7. The predicted octanol–water partition coefficient (Wildman–Crippen LogP) is 2.63. The number of nitrogens with zero attached hydrogens (tertiary/aromatic N) is 1. The van der Waals surface area contributed by atoms with Crippen molar-refractivity contribution in [3.05, 3.63) is 54.4 Å². The first-order valence-electron chi connectivity index (χ1n) is 7.95. The molecule has 0 spiro atoms. The molecule has 0 bridgehead atoms. The van der Waals surface area contributed by atoms with Crippen LogP contribution in [0.3, 0.4) is 0 Å². The van der Waals surface area contributed by atoms with E-state index in [1.165, 1.54) is 0 Å². The van der Waals surface area contributed by atoms with Gasteiger partial charge in [0.2, 0.25) is 0 Å². The monoisotopic (exact) mass is 324 g/mol. The second kappa shape index (κ2) is 6.04. The summed E-state index contributed by atoms with van der Waals surface area (Å²) in [6.07, 6.45) is 3.27. The van der Waals surface area contributed by atoms with Crippen molar-refractivity contribution in [1.29, 1.82) is 0 Å². The van der Waals surface area contributed by atoms with Gasteiger partial charge in [0.05, 0.1) is 11.2 Å². The zero-order valence-corrected chi connectivity index (χ0v) is 14.4. The SMILES string of the molecule is CC1(C)OB(c2ccc(C(=O)Nc3ccncc3)cc2)OC1(C)C. The van der Waals surface area contributed by atoms with Crippen LogP contribution in [-0.2, 0) is 9.31 Å². The highest BCUT2D eigenvalue weighted by Crippen LogP contribution is 2.36. The molecule has 6 heteroatoms. The van der Waals surface area contributed by atoms with Gasteiger partial charge in [0.1, 0.15) is 0 Å². The number of anilines is 1. The van der Waals surface area contributed by atoms with Crippen molar-refractivity contribution >= 4 is 24.2 Å². The molecule has 1 saturated heterocycles. The van der Waals surface area contributed by atoms with Gasteiger partial charge in [-0.3, -0.25) is 9.78 Å². The fraction of sp³-hybridized carbons (Fsp3) is 0.333. The number of hydrogen-bond donors (Lipinski definition) is 1. The molecule has 2 aromatic rings. The number of hydrogen-bond acceptors (Lipinski definition) is 4. The summed E-state index contributed by atoms with van der Waals surface area (Å²) in [5, 5.41) is 2.83. The Hall–Kier alpha value is -2.18. The Labute approximate surface area is 142 Å². The van der Waals surface area contributed by atoms with Crippen LogP contribution < -0.4 is 10.8 Å². The molecule has 1 N–H and O–H groups in total. The summed E-state index contributed by atoms with van der Waals surface area (Å²) < 4.78 is 12.0. The Morgan fingerprint density at radius 3 is 2.04 bits per heavy atom. The molecule has 2 heterocycles. The van der Waals surface area contributed by atoms with Gasteiger partial charge in [-0.25, -0.2) is 0 Å². The van der Waals surface area contributed by atoms with Crippen molar-refractivity contribution in [2.24, 2.45) is 0 Å². The average molecular weight is 324 g/mol. The lowest BCUT2D eigenvalue weighted by atomic mass is 9.79. The van der Waals surface area contributed by atoms with Gasteiger partial charge in [0, 0.05) is 23.6 Å². The Morgan fingerprint density at radius 1 is 0.958 bits per heavy atom. The van der Waals surface area contributed by atoms with Gasteiger partial charge in [-0.15, -0.1) is 0 Å². The van der Waals surface area contributed by atoms with Gasteiger partial charge in [0.15, 0.2) is 0 Å². The van der Waals surface area contributed by atoms with Crippen LogP contribution in [-0.4, -0.2) is 29.2 Å². The number of carbonyl (C=O) groups is 1. The summed E-state index contributed by atoms with van der Waals surface area (Å²) in [5.41, 5.74) is 1.43. The number of carbonyl (C=O) groups excluding carboxylic acids is 1. The van der Waals surface area contributed by atoms with Crippen molar-refractivity contribution in [3.63, 3.8) is 0 Å². The normalized spacial score (nSPS) is 18.4. The van der Waals surface area contributed by atoms with Gasteiger partial charge in [0.25, 0.3) is 5.91 Å². The summed E-state index contributed by atoms with van der Waals surface area (Å²) in [6.45, 7) is 8.07. The molecular weight excluding hydrogens is 303 g/mol. The summed E-state index contributed by atoms with van der Waals surface area (Å²) in [5.74, 6) is -0.165. The van der Waals surface area contributed by atoms with Crippen LogP contribution in [0.1, 0.15) is 38.1 Å². The first-order chi connectivity index (χ1) is 11.3. The van der Waals surface area contributed by atoms with E-state index in [0.717, 1.165) is 5.46 Å². The second-order valence-corrected chi connectivity index (χ2v) is 6.90. The number of benzene rings is 1. The van der Waals surface area contributed by atoms with Crippen molar-refractivity contribution < 1.29 is 14.1 Å². The molecule has 1 aliphatic rings. The lowest BCUT2D eigenvalue weighted by Crippen LogP contribution is -2.41. The quantitative estimate of drug-likeness (QED) is 0.882. The van der Waals surface area contributed by atoms with Crippen LogP contribution >= 0.6 is 0 Å². The van der Waals surface area contributed by atoms with Crippen molar-refractivity contribution in [2.45, 2.75) is 38.9 Å². The predicted molar refractivity (Wildman–Crippen MR) is 94.3 cm³/mol. The number of aromatic nitrogens is 1. The third-order valence-electron chi connectivity index (χ3n) is 4.64. The molecule has 0 aliphatic carbocycles. The molecular formula is C18H21BN2O3. The second-order valence-electron chi connectivity index (χ2n) is 6.90. The van der Waals surface area contributed by atoms with Crippen LogP contribution in [0.2, 0.25) is 0 Å². The molecule has 1 amide bonds. The number of pyridine rings is 1. The summed E-state index contributed by atoms with van der Waals surface area (Å²) in [7, 11) is -0.424. The minimum atomic E-state index is -0.424. The number of nitrogens with one attached hydrogen (secondary N) is 1. The van der Waals surface area contributed by atoms with E-state index in [0.29, 0.717) is 11.3 Å². The van der Waals surface area contributed by atoms with E-state index < -0.39 is 7.12 Å². The molecule has 1 fully saturated rings. The number of amides is 1. The molecule has 124 valence electrons. The highest BCUT2D eigenvalue weighted by atomic mass is 16.7. The van der Waals surface area contributed by atoms with Crippen molar-refractivity contribution in [1.82, 2.24) is 4.98 Å². The van der Waals surface area contributed by atoms with Crippen LogP contribution in [0.4, 0.5) is 5.69 Å². The van der Waals surface area contributed by atoms with E-state index in [9.17, 15) is 4.79 Å². The fourth-order valence-corrected chi connectivity index (χ4v) is 2.41. The fourth-order valence-electron chi connectivity index (χ4n) is 2.41. The highest BCUT2D eigenvalue weighted by Gasteiger charge is 2.51. The van der Waals surface area contributed by atoms with Gasteiger partial charge in [-0.2, -0.15) is 0 Å². The average Bonchev–Trinajstić information content (AvgIpc) is 2.76. The van der Waals surface area contributed by atoms with E-state index in [-0.39, 0.29) is 17.1 Å². The summed E-state index contributed by atoms with van der Waals surface area (Å²) in [4.78, 5) is 16.2. The third kappa shape index (κ3) is 3.20.